The van der Waals surface area contributed by atoms with Gasteiger partial charge in [-0.15, -0.1) is 11.3 Å². The number of pyridine rings is 1. The van der Waals surface area contributed by atoms with E-state index in [0.29, 0.717) is 6.54 Å². The standard InChI is InChI=1S/C28H32N2O3S/c1-15-22(25(16(2)31)33-28(3,4)5)23(17-11-12-19-18(13-17)14-30(6)27(19)32)24-20-9-7-8-10-21(20)34-26(24)29-15/h11-13,25H,7-10,14H2,1-6H3. The van der Waals surface area contributed by atoms with Crippen LogP contribution in [0.25, 0.3) is 21.3 Å². The molecule has 0 fully saturated rings. The highest BCUT2D eigenvalue weighted by Gasteiger charge is 2.33. The van der Waals surface area contributed by atoms with Crippen LogP contribution in [-0.2, 0) is 28.9 Å². The van der Waals surface area contributed by atoms with Gasteiger partial charge in [-0.25, -0.2) is 4.98 Å². The molecule has 3 aromatic rings. The van der Waals surface area contributed by atoms with Gasteiger partial charge in [-0.05, 0) is 89.1 Å². The molecule has 5 nitrogen and oxygen atoms in total. The van der Waals surface area contributed by atoms with Gasteiger partial charge in [0, 0.05) is 46.2 Å². The molecule has 2 aliphatic rings. The molecule has 0 saturated heterocycles. The van der Waals surface area contributed by atoms with E-state index in [0.717, 1.165) is 51.2 Å². The Morgan fingerprint density at radius 2 is 1.94 bits per heavy atom. The number of aromatic nitrogens is 1. The Labute approximate surface area is 205 Å². The molecule has 0 radical (unpaired) electrons. The fourth-order valence-corrected chi connectivity index (χ4v) is 6.67. The molecule has 6 heteroatoms. The molecule has 0 saturated carbocycles. The lowest BCUT2D eigenvalue weighted by Crippen LogP contribution is -2.27. The van der Waals surface area contributed by atoms with Gasteiger partial charge in [0.2, 0.25) is 0 Å². The molecular weight excluding hydrogens is 444 g/mol. The molecule has 0 spiro atoms. The SMILES string of the molecule is CC(=O)C(OC(C)(C)C)c1c(C)nc2sc3c(c2c1-c1ccc2c(c1)CN(C)C2=O)CCCC3. The Hall–Kier alpha value is -2.57. The minimum absolute atomic E-state index is 0.0272. The van der Waals surface area contributed by atoms with Gasteiger partial charge in [-0.1, -0.05) is 6.07 Å². The molecule has 0 bridgehead atoms. The molecule has 178 valence electrons. The zero-order valence-corrected chi connectivity index (χ0v) is 21.7. The van der Waals surface area contributed by atoms with Gasteiger partial charge in [0.1, 0.15) is 10.9 Å². The van der Waals surface area contributed by atoms with Crippen molar-refractivity contribution in [1.82, 2.24) is 9.88 Å². The average molecular weight is 477 g/mol. The van der Waals surface area contributed by atoms with Crippen molar-refractivity contribution >= 4 is 33.2 Å². The quantitative estimate of drug-likeness (QED) is 0.451. The normalized spacial score (nSPS) is 16.6. The number of aryl methyl sites for hydroxylation is 3. The lowest BCUT2D eigenvalue weighted by molar-refractivity contribution is -0.138. The largest absolute Gasteiger partial charge is 0.360 e. The summed E-state index contributed by atoms with van der Waals surface area (Å²) in [5.41, 5.74) is 6.45. The fraction of sp³-hybridized carbons (Fsp3) is 0.464. The number of ether oxygens (including phenoxy) is 1. The van der Waals surface area contributed by atoms with E-state index in [2.05, 4.69) is 6.07 Å². The second-order valence-corrected chi connectivity index (χ2v) is 11.7. The molecule has 2 aromatic heterocycles. The predicted molar refractivity (Wildman–Crippen MR) is 136 cm³/mol. The third kappa shape index (κ3) is 3.87. The number of hydrogen-bond donors (Lipinski definition) is 0. The predicted octanol–water partition coefficient (Wildman–Crippen LogP) is 6.18. The van der Waals surface area contributed by atoms with Crippen molar-refractivity contribution in [3.63, 3.8) is 0 Å². The van der Waals surface area contributed by atoms with Crippen molar-refractivity contribution in [2.24, 2.45) is 0 Å². The lowest BCUT2D eigenvalue weighted by atomic mass is 9.86. The minimum Gasteiger partial charge on any atom is -0.360 e. The first kappa shape index (κ1) is 23.2. The third-order valence-corrected chi connectivity index (χ3v) is 8.00. The van der Waals surface area contributed by atoms with E-state index in [4.69, 9.17) is 9.72 Å². The highest BCUT2D eigenvalue weighted by atomic mass is 32.1. The molecule has 1 aliphatic carbocycles. The average Bonchev–Trinajstić information content (AvgIpc) is 3.26. The van der Waals surface area contributed by atoms with Crippen LogP contribution in [0.15, 0.2) is 18.2 Å². The number of rotatable bonds is 4. The molecule has 1 aromatic carbocycles. The molecule has 1 unspecified atom stereocenters. The summed E-state index contributed by atoms with van der Waals surface area (Å²) in [7, 11) is 1.83. The van der Waals surface area contributed by atoms with E-state index in [1.54, 1.807) is 23.2 Å². The Morgan fingerprint density at radius 1 is 1.21 bits per heavy atom. The van der Waals surface area contributed by atoms with Crippen LogP contribution in [0.2, 0.25) is 0 Å². The summed E-state index contributed by atoms with van der Waals surface area (Å²) in [6.45, 7) is 10.1. The minimum atomic E-state index is -0.705. The smallest absolute Gasteiger partial charge is 0.254 e. The zero-order valence-electron chi connectivity index (χ0n) is 20.9. The number of carbonyl (C=O) groups is 2. The van der Waals surface area contributed by atoms with Crippen molar-refractivity contribution in [2.75, 3.05) is 7.05 Å². The molecule has 5 rings (SSSR count). The summed E-state index contributed by atoms with van der Waals surface area (Å²) >= 11 is 1.79. The first-order chi connectivity index (χ1) is 16.0. The van der Waals surface area contributed by atoms with Crippen LogP contribution in [-0.4, -0.2) is 34.2 Å². The fourth-order valence-electron chi connectivity index (χ4n) is 5.36. The summed E-state index contributed by atoms with van der Waals surface area (Å²) < 4.78 is 6.38. The van der Waals surface area contributed by atoms with Crippen molar-refractivity contribution in [2.45, 2.75) is 78.6 Å². The summed E-state index contributed by atoms with van der Waals surface area (Å²) in [6, 6.07) is 6.11. The van der Waals surface area contributed by atoms with E-state index in [1.807, 2.05) is 46.9 Å². The number of ketones is 1. The lowest BCUT2D eigenvalue weighted by Gasteiger charge is -2.29. The van der Waals surface area contributed by atoms with Gasteiger partial charge < -0.3 is 9.64 Å². The number of nitrogens with zero attached hydrogens (tertiary/aromatic N) is 2. The molecule has 3 heterocycles. The Morgan fingerprint density at radius 3 is 2.65 bits per heavy atom. The first-order valence-corrected chi connectivity index (χ1v) is 12.9. The number of amides is 1. The van der Waals surface area contributed by atoms with Gasteiger partial charge in [0.15, 0.2) is 5.78 Å². The zero-order chi connectivity index (χ0) is 24.4. The van der Waals surface area contributed by atoms with Crippen LogP contribution in [0.3, 0.4) is 0 Å². The van der Waals surface area contributed by atoms with Gasteiger partial charge >= 0.3 is 0 Å². The molecule has 34 heavy (non-hydrogen) atoms. The van der Waals surface area contributed by atoms with Crippen molar-refractivity contribution < 1.29 is 14.3 Å². The number of hydrogen-bond acceptors (Lipinski definition) is 5. The maximum absolute atomic E-state index is 13.0. The monoisotopic (exact) mass is 476 g/mol. The highest BCUT2D eigenvalue weighted by molar-refractivity contribution is 7.19. The molecule has 1 aliphatic heterocycles. The van der Waals surface area contributed by atoms with Crippen LogP contribution in [0.1, 0.15) is 84.3 Å². The number of fused-ring (bicyclic) bond motifs is 4. The maximum atomic E-state index is 13.0. The second-order valence-electron chi connectivity index (χ2n) is 10.6. The van der Waals surface area contributed by atoms with Crippen LogP contribution in [0, 0.1) is 6.92 Å². The van der Waals surface area contributed by atoms with Gasteiger partial charge in [0.25, 0.3) is 5.91 Å². The molecule has 1 amide bonds. The second kappa shape index (κ2) is 8.28. The van der Waals surface area contributed by atoms with E-state index >= 15 is 0 Å². The summed E-state index contributed by atoms with van der Waals surface area (Å²) in [5, 5.41) is 1.17. The third-order valence-electron chi connectivity index (χ3n) is 6.81. The summed E-state index contributed by atoms with van der Waals surface area (Å²) in [5.74, 6) is 0.0315. The van der Waals surface area contributed by atoms with Crippen LogP contribution in [0.5, 0.6) is 0 Å². The summed E-state index contributed by atoms with van der Waals surface area (Å²) in [6.07, 6.45) is 3.78. The van der Waals surface area contributed by atoms with Crippen molar-refractivity contribution in [1.29, 1.82) is 0 Å². The van der Waals surface area contributed by atoms with Gasteiger partial charge in [-0.2, -0.15) is 0 Å². The first-order valence-electron chi connectivity index (χ1n) is 12.1. The van der Waals surface area contributed by atoms with Gasteiger partial charge in [-0.3, -0.25) is 9.59 Å². The van der Waals surface area contributed by atoms with Crippen LogP contribution < -0.4 is 0 Å². The van der Waals surface area contributed by atoms with E-state index in [9.17, 15) is 9.59 Å². The topological polar surface area (TPSA) is 59.5 Å². The number of carbonyl (C=O) groups excluding carboxylic acids is 2. The van der Waals surface area contributed by atoms with E-state index in [1.165, 1.54) is 28.7 Å². The van der Waals surface area contributed by atoms with Crippen molar-refractivity contribution in [3.8, 4) is 11.1 Å². The number of thiophene rings is 1. The van der Waals surface area contributed by atoms with Crippen molar-refractivity contribution in [3.05, 3.63) is 51.0 Å². The highest BCUT2D eigenvalue weighted by Crippen LogP contribution is 2.46. The van der Waals surface area contributed by atoms with Gasteiger partial charge in [0.05, 0.1) is 5.60 Å². The Kier molecular flexibility index (Phi) is 5.64. The van der Waals surface area contributed by atoms with E-state index < -0.39 is 11.7 Å². The maximum Gasteiger partial charge on any atom is 0.254 e. The van der Waals surface area contributed by atoms with Crippen LogP contribution >= 0.6 is 11.3 Å². The Balaban J connectivity index is 1.83. The summed E-state index contributed by atoms with van der Waals surface area (Å²) in [4.78, 5) is 34.7. The Bertz CT molecular complexity index is 1330. The number of benzene rings is 1. The molecular formula is C28H32N2O3S. The van der Waals surface area contributed by atoms with E-state index in [-0.39, 0.29) is 11.7 Å². The molecule has 1 atom stereocenters. The molecule has 0 N–H and O–H groups in total. The number of Topliss-reactive ketones (excluding diaryl/α,β-unsaturated/α-hetero) is 1. The van der Waals surface area contributed by atoms with Crippen LogP contribution in [0.4, 0.5) is 0 Å².